The normalized spacial score (nSPS) is 29.9. The van der Waals surface area contributed by atoms with E-state index in [1.165, 1.54) is 0 Å². The van der Waals surface area contributed by atoms with Crippen LogP contribution in [0, 0.1) is 0 Å². The monoisotopic (exact) mass is 334 g/mol. The molecule has 6 N–H and O–H groups in total. The summed E-state index contributed by atoms with van der Waals surface area (Å²) in [5, 5.41) is 52.5. The summed E-state index contributed by atoms with van der Waals surface area (Å²) in [5.74, 6) is -4.99. The molecule has 1 unspecified atom stereocenters. The van der Waals surface area contributed by atoms with Crippen LogP contribution in [0.25, 0.3) is 10.4 Å². The van der Waals surface area contributed by atoms with Crippen molar-refractivity contribution >= 4 is 11.9 Å². The minimum absolute atomic E-state index is 0.0926. The van der Waals surface area contributed by atoms with Crippen LogP contribution in [0.15, 0.2) is 5.11 Å². The Kier molecular flexibility index (Phi) is 6.69. The van der Waals surface area contributed by atoms with Gasteiger partial charge in [-0.1, -0.05) is 5.11 Å². The molecule has 1 aliphatic rings. The fraction of sp³-hybridized carbons (Fsp3) is 0.818. The van der Waals surface area contributed by atoms with E-state index in [-0.39, 0.29) is 12.8 Å². The van der Waals surface area contributed by atoms with Crippen LogP contribution in [-0.2, 0) is 14.3 Å². The molecule has 5 atom stereocenters. The zero-order chi connectivity index (χ0) is 17.6. The van der Waals surface area contributed by atoms with Crippen LogP contribution >= 0.6 is 0 Å². The van der Waals surface area contributed by atoms with Gasteiger partial charge in [-0.05, 0) is 12.0 Å². The van der Waals surface area contributed by atoms with Crippen molar-refractivity contribution < 1.29 is 39.9 Å². The summed E-state index contributed by atoms with van der Waals surface area (Å²) in [7, 11) is 0. The zero-order valence-electron chi connectivity index (χ0n) is 11.9. The maximum Gasteiger partial charge on any atom is 0.364 e. The van der Waals surface area contributed by atoms with E-state index < -0.39 is 55.2 Å². The summed E-state index contributed by atoms with van der Waals surface area (Å²) in [5.41, 5.74) is 8.15. The van der Waals surface area contributed by atoms with Crippen LogP contribution in [0.1, 0.15) is 12.8 Å². The van der Waals surface area contributed by atoms with Gasteiger partial charge in [-0.15, -0.1) is 0 Å². The Morgan fingerprint density at radius 1 is 1.48 bits per heavy atom. The number of rotatable bonds is 7. The number of carboxylic acids is 1. The SMILES string of the molecule is [N-]=[N+]=NCC(=O)N[C@@H]1CC[C@](O)(C(=O)O)OC1[C@H](O)[C@H](O)CO. The Labute approximate surface area is 129 Å². The fourth-order valence-corrected chi connectivity index (χ4v) is 2.18. The van der Waals surface area contributed by atoms with Crippen LogP contribution < -0.4 is 5.32 Å². The molecular weight excluding hydrogens is 316 g/mol. The van der Waals surface area contributed by atoms with Crippen molar-refractivity contribution in [3.63, 3.8) is 0 Å². The van der Waals surface area contributed by atoms with Crippen LogP contribution in [0.4, 0.5) is 0 Å². The zero-order valence-corrected chi connectivity index (χ0v) is 11.9. The second-order valence-electron chi connectivity index (χ2n) is 5.01. The first-order valence-corrected chi connectivity index (χ1v) is 6.66. The van der Waals surface area contributed by atoms with Crippen molar-refractivity contribution in [2.24, 2.45) is 5.11 Å². The molecule has 12 nitrogen and oxygen atoms in total. The van der Waals surface area contributed by atoms with Gasteiger partial charge in [0.05, 0.1) is 12.6 Å². The maximum atomic E-state index is 11.6. The second kappa shape index (κ2) is 8.06. The number of azide groups is 1. The van der Waals surface area contributed by atoms with Crippen LogP contribution in [-0.4, -0.2) is 80.7 Å². The number of amides is 1. The van der Waals surface area contributed by atoms with E-state index in [9.17, 15) is 24.9 Å². The van der Waals surface area contributed by atoms with Gasteiger partial charge in [0.2, 0.25) is 5.91 Å². The molecular formula is C11H18N4O8. The Morgan fingerprint density at radius 3 is 2.65 bits per heavy atom. The van der Waals surface area contributed by atoms with Crippen LogP contribution in [0.2, 0.25) is 0 Å². The number of carbonyl (C=O) groups is 2. The van der Waals surface area contributed by atoms with Gasteiger partial charge in [0, 0.05) is 11.3 Å². The third-order valence-corrected chi connectivity index (χ3v) is 3.40. The number of hydrogen-bond donors (Lipinski definition) is 6. The molecule has 0 saturated carbocycles. The molecule has 1 aliphatic heterocycles. The summed E-state index contributed by atoms with van der Waals surface area (Å²) in [6, 6.07) is -0.966. The van der Waals surface area contributed by atoms with Crippen molar-refractivity contribution in [1.82, 2.24) is 5.32 Å². The van der Waals surface area contributed by atoms with Crippen molar-refractivity contribution in [3.8, 4) is 0 Å². The number of hydrogen-bond acceptors (Lipinski definition) is 8. The van der Waals surface area contributed by atoms with Crippen molar-refractivity contribution in [2.45, 2.75) is 43.0 Å². The number of aliphatic hydroxyl groups excluding tert-OH is 3. The van der Waals surface area contributed by atoms with Crippen molar-refractivity contribution in [3.05, 3.63) is 10.4 Å². The number of ether oxygens (including phenoxy) is 1. The van der Waals surface area contributed by atoms with Gasteiger partial charge in [0.15, 0.2) is 0 Å². The highest BCUT2D eigenvalue weighted by Crippen LogP contribution is 2.30. The van der Waals surface area contributed by atoms with E-state index in [1.807, 2.05) is 0 Å². The lowest BCUT2D eigenvalue weighted by atomic mass is 9.91. The van der Waals surface area contributed by atoms with Crippen LogP contribution in [0.5, 0.6) is 0 Å². The van der Waals surface area contributed by atoms with Gasteiger partial charge in [-0.3, -0.25) is 4.79 Å². The number of nitrogens with zero attached hydrogens (tertiary/aromatic N) is 3. The number of nitrogens with one attached hydrogen (secondary N) is 1. The summed E-state index contributed by atoms with van der Waals surface area (Å²) < 4.78 is 4.95. The van der Waals surface area contributed by atoms with Gasteiger partial charge >= 0.3 is 5.97 Å². The van der Waals surface area contributed by atoms with Gasteiger partial charge in [0.25, 0.3) is 5.79 Å². The van der Waals surface area contributed by atoms with Gasteiger partial charge in [-0.25, -0.2) is 4.79 Å². The molecule has 0 aromatic carbocycles. The largest absolute Gasteiger partial charge is 0.477 e. The lowest BCUT2D eigenvalue weighted by molar-refractivity contribution is -0.279. The first-order valence-electron chi connectivity index (χ1n) is 6.66. The number of aliphatic carboxylic acids is 1. The Morgan fingerprint density at radius 2 is 2.13 bits per heavy atom. The fourth-order valence-electron chi connectivity index (χ4n) is 2.18. The van der Waals surface area contributed by atoms with E-state index in [0.29, 0.717) is 0 Å². The highest BCUT2D eigenvalue weighted by atomic mass is 16.7. The van der Waals surface area contributed by atoms with Crippen molar-refractivity contribution in [2.75, 3.05) is 13.2 Å². The smallest absolute Gasteiger partial charge is 0.364 e. The molecule has 1 saturated heterocycles. The minimum atomic E-state index is -2.59. The molecule has 0 bridgehead atoms. The van der Waals surface area contributed by atoms with E-state index in [2.05, 4.69) is 15.3 Å². The third kappa shape index (κ3) is 4.76. The molecule has 0 aromatic rings. The highest BCUT2D eigenvalue weighted by Gasteiger charge is 2.49. The van der Waals surface area contributed by atoms with Crippen molar-refractivity contribution in [1.29, 1.82) is 0 Å². The third-order valence-electron chi connectivity index (χ3n) is 3.40. The number of carbonyl (C=O) groups excluding carboxylic acids is 1. The molecule has 12 heteroatoms. The Balaban J connectivity index is 2.92. The number of carboxylic acid groups (broad SMARTS) is 1. The molecule has 0 spiro atoms. The van der Waals surface area contributed by atoms with Crippen LogP contribution in [0.3, 0.4) is 0 Å². The maximum absolute atomic E-state index is 11.6. The Hall–Kier alpha value is -1.95. The molecule has 23 heavy (non-hydrogen) atoms. The molecule has 130 valence electrons. The van der Waals surface area contributed by atoms with Gasteiger partial charge in [-0.2, -0.15) is 0 Å². The molecule has 1 rings (SSSR count). The van der Waals surface area contributed by atoms with Gasteiger partial charge < -0.3 is 35.6 Å². The molecule has 0 aliphatic carbocycles. The first-order chi connectivity index (χ1) is 10.7. The average Bonchev–Trinajstić information content (AvgIpc) is 2.53. The summed E-state index contributed by atoms with van der Waals surface area (Å²) in [4.78, 5) is 25.0. The Bertz CT molecular complexity index is 496. The topological polar surface area (TPSA) is 205 Å². The lowest BCUT2D eigenvalue weighted by Crippen LogP contribution is -2.62. The first kappa shape index (κ1) is 19.1. The highest BCUT2D eigenvalue weighted by molar-refractivity contribution is 5.79. The van der Waals surface area contributed by atoms with E-state index >= 15 is 0 Å². The summed E-state index contributed by atoms with van der Waals surface area (Å²) in [6.07, 6.45) is -5.41. The predicted molar refractivity (Wildman–Crippen MR) is 71.7 cm³/mol. The van der Waals surface area contributed by atoms with E-state index in [1.54, 1.807) is 0 Å². The molecule has 0 aromatic heterocycles. The molecule has 1 heterocycles. The lowest BCUT2D eigenvalue weighted by Gasteiger charge is -2.42. The van der Waals surface area contributed by atoms with E-state index in [4.69, 9.17) is 20.5 Å². The van der Waals surface area contributed by atoms with Gasteiger partial charge in [0.1, 0.15) is 24.9 Å². The summed E-state index contributed by atoms with van der Waals surface area (Å²) >= 11 is 0. The second-order valence-corrected chi connectivity index (χ2v) is 5.01. The molecule has 1 fully saturated rings. The minimum Gasteiger partial charge on any atom is -0.477 e. The quantitative estimate of drug-likeness (QED) is 0.165. The summed E-state index contributed by atoms with van der Waals surface area (Å²) in [6.45, 7) is -1.37. The average molecular weight is 334 g/mol. The van der Waals surface area contributed by atoms with E-state index in [0.717, 1.165) is 0 Å². The molecule has 1 amide bonds. The predicted octanol–water partition coefficient (Wildman–Crippen LogP) is -2.55. The number of aliphatic hydroxyl groups is 4. The molecule has 0 radical (unpaired) electrons. The standard InChI is InChI=1S/C11H18N4O8/c12-15-13-3-7(18)14-5-1-2-11(22,10(20)21)23-9(5)8(19)6(17)4-16/h5-6,8-9,16-17,19,22H,1-4H2,(H,14,18)(H,20,21)/t5-,6-,8-,9?,11-/m1/s1.